The van der Waals surface area contributed by atoms with Gasteiger partial charge < -0.3 is 14.7 Å². The molecule has 1 aromatic carbocycles. The predicted octanol–water partition coefficient (Wildman–Crippen LogP) is 1.95. The molecule has 0 aromatic heterocycles. The summed E-state index contributed by atoms with van der Waals surface area (Å²) in [5.41, 5.74) is 3.11. The predicted molar refractivity (Wildman–Crippen MR) is 56.2 cm³/mol. The molecule has 1 rings (SSSR count). The maximum Gasteiger partial charge on any atom is 0.208 e. The van der Waals surface area contributed by atoms with Crippen molar-refractivity contribution >= 4 is 15.9 Å². The zero-order chi connectivity index (χ0) is 11.4. The second kappa shape index (κ2) is 5.29. The summed E-state index contributed by atoms with van der Waals surface area (Å²) in [6.45, 7) is 0.273. The zero-order valence-electron chi connectivity index (χ0n) is 8.30. The van der Waals surface area contributed by atoms with Gasteiger partial charge >= 0.3 is 0 Å². The Kier molecular flexibility index (Phi) is 4.31. The van der Waals surface area contributed by atoms with Crippen molar-refractivity contribution in [1.29, 1.82) is 0 Å². The Hall–Kier alpha value is -0.850. The number of hydrogen-bond donors (Lipinski definition) is 2. The third-order valence-corrected chi connectivity index (χ3v) is 2.44. The Balaban J connectivity index is 3.13. The molecule has 4 nitrogen and oxygen atoms in total. The van der Waals surface area contributed by atoms with Crippen LogP contribution in [0.25, 0.3) is 0 Å². The summed E-state index contributed by atoms with van der Waals surface area (Å²) >= 11 is 3.04. The molecule has 0 aliphatic rings. The van der Waals surface area contributed by atoms with Crippen LogP contribution < -0.4 is 10.2 Å². The minimum absolute atomic E-state index is 0.000231. The summed E-state index contributed by atoms with van der Waals surface area (Å²) in [5, 5.41) is 9.31. The van der Waals surface area contributed by atoms with Crippen molar-refractivity contribution in [2.45, 2.75) is 6.54 Å². The Labute approximate surface area is 95.1 Å². The van der Waals surface area contributed by atoms with E-state index < -0.39 is 11.6 Å². The maximum absolute atomic E-state index is 13.5. The van der Waals surface area contributed by atoms with E-state index in [1.54, 1.807) is 6.07 Å². The van der Waals surface area contributed by atoms with Gasteiger partial charge in [0.2, 0.25) is 5.82 Å². The van der Waals surface area contributed by atoms with Crippen LogP contribution in [0.1, 0.15) is 5.56 Å². The van der Waals surface area contributed by atoms with Crippen molar-refractivity contribution in [1.82, 2.24) is 5.48 Å². The molecule has 0 saturated heterocycles. The highest BCUT2D eigenvalue weighted by Crippen LogP contribution is 2.36. The van der Waals surface area contributed by atoms with Crippen LogP contribution in [-0.4, -0.2) is 19.3 Å². The Bertz CT molecular complexity index is 360. The second-order valence-electron chi connectivity index (χ2n) is 2.74. The molecule has 0 saturated carbocycles. The van der Waals surface area contributed by atoms with Crippen molar-refractivity contribution in [2.24, 2.45) is 0 Å². The summed E-state index contributed by atoms with van der Waals surface area (Å²) in [7, 11) is 2.79. The smallest absolute Gasteiger partial charge is 0.208 e. The molecule has 0 unspecified atom stereocenters. The van der Waals surface area contributed by atoms with Crippen molar-refractivity contribution < 1.29 is 19.1 Å². The van der Waals surface area contributed by atoms with Gasteiger partial charge in [-0.25, -0.2) is 0 Å². The molecule has 6 heteroatoms. The van der Waals surface area contributed by atoms with E-state index in [9.17, 15) is 9.50 Å². The summed E-state index contributed by atoms with van der Waals surface area (Å²) < 4.78 is 18.6. The number of rotatable bonds is 4. The molecule has 0 bridgehead atoms. The maximum atomic E-state index is 13.5. The Morgan fingerprint density at radius 3 is 2.73 bits per heavy atom. The first-order chi connectivity index (χ1) is 7.11. The first-order valence-electron chi connectivity index (χ1n) is 4.11. The van der Waals surface area contributed by atoms with Gasteiger partial charge in [-0.15, -0.1) is 0 Å². The number of methoxy groups -OCH3 is 1. The van der Waals surface area contributed by atoms with Gasteiger partial charge in [0.25, 0.3) is 0 Å². The van der Waals surface area contributed by atoms with Gasteiger partial charge in [-0.05, 0) is 22.0 Å². The SMILES string of the molecule is CONCc1cc(Br)c(O)c(F)c1OC. The first-order valence-corrected chi connectivity index (χ1v) is 4.90. The number of ether oxygens (including phenoxy) is 1. The minimum atomic E-state index is -0.792. The van der Waals surface area contributed by atoms with Gasteiger partial charge in [0.1, 0.15) is 0 Å². The monoisotopic (exact) mass is 279 g/mol. The van der Waals surface area contributed by atoms with Gasteiger partial charge in [-0.1, -0.05) is 0 Å². The molecule has 0 fully saturated rings. The van der Waals surface area contributed by atoms with Crippen LogP contribution in [0.5, 0.6) is 11.5 Å². The molecular weight excluding hydrogens is 269 g/mol. The summed E-state index contributed by atoms with van der Waals surface area (Å²) in [4.78, 5) is 4.65. The van der Waals surface area contributed by atoms with E-state index in [0.29, 0.717) is 5.56 Å². The zero-order valence-corrected chi connectivity index (χ0v) is 9.89. The lowest BCUT2D eigenvalue weighted by Crippen LogP contribution is -2.12. The molecule has 0 radical (unpaired) electrons. The average Bonchev–Trinajstić information content (AvgIpc) is 2.23. The number of phenols is 1. The van der Waals surface area contributed by atoms with Gasteiger partial charge in [-0.2, -0.15) is 9.87 Å². The number of aromatic hydroxyl groups is 1. The van der Waals surface area contributed by atoms with Gasteiger partial charge in [0.05, 0.1) is 18.7 Å². The van der Waals surface area contributed by atoms with Crippen LogP contribution >= 0.6 is 15.9 Å². The number of hydrogen-bond acceptors (Lipinski definition) is 4. The number of nitrogens with one attached hydrogen (secondary N) is 1. The molecular formula is C9H11BrFNO3. The summed E-state index contributed by atoms with van der Waals surface area (Å²) in [5.74, 6) is -1.26. The van der Waals surface area contributed by atoms with Gasteiger partial charge in [0, 0.05) is 12.1 Å². The van der Waals surface area contributed by atoms with Crippen LogP contribution in [0, 0.1) is 5.82 Å². The largest absolute Gasteiger partial charge is 0.504 e. The van der Waals surface area contributed by atoms with E-state index in [0.717, 1.165) is 0 Å². The second-order valence-corrected chi connectivity index (χ2v) is 3.59. The third-order valence-electron chi connectivity index (χ3n) is 1.84. The highest BCUT2D eigenvalue weighted by molar-refractivity contribution is 9.10. The van der Waals surface area contributed by atoms with E-state index in [4.69, 9.17) is 4.74 Å². The van der Waals surface area contributed by atoms with E-state index in [2.05, 4.69) is 26.2 Å². The highest BCUT2D eigenvalue weighted by atomic mass is 79.9. The fourth-order valence-electron chi connectivity index (χ4n) is 1.14. The molecule has 0 atom stereocenters. The molecule has 2 N–H and O–H groups in total. The molecule has 1 aromatic rings. The van der Waals surface area contributed by atoms with E-state index in [-0.39, 0.29) is 16.8 Å². The fourth-order valence-corrected chi connectivity index (χ4v) is 1.59. The Morgan fingerprint density at radius 2 is 2.20 bits per heavy atom. The number of hydroxylamine groups is 1. The van der Waals surface area contributed by atoms with Crippen LogP contribution in [0.2, 0.25) is 0 Å². The van der Waals surface area contributed by atoms with Crippen molar-refractivity contribution in [3.8, 4) is 11.5 Å². The first kappa shape index (κ1) is 12.2. The minimum Gasteiger partial charge on any atom is -0.504 e. The quantitative estimate of drug-likeness (QED) is 0.828. The van der Waals surface area contributed by atoms with Crippen LogP contribution in [0.4, 0.5) is 4.39 Å². The number of benzene rings is 1. The summed E-state index contributed by atoms with van der Waals surface area (Å²) in [6.07, 6.45) is 0. The molecule has 15 heavy (non-hydrogen) atoms. The number of halogens is 2. The summed E-state index contributed by atoms with van der Waals surface area (Å²) in [6, 6.07) is 1.56. The van der Waals surface area contributed by atoms with Crippen LogP contribution in [0.15, 0.2) is 10.5 Å². The molecule has 0 aliphatic carbocycles. The highest BCUT2D eigenvalue weighted by Gasteiger charge is 2.16. The normalized spacial score (nSPS) is 10.4. The molecule has 0 spiro atoms. The molecule has 84 valence electrons. The standard InChI is InChI=1S/C9H11BrFNO3/c1-14-9-5(4-12-15-2)3-6(10)8(13)7(9)11/h3,12-13H,4H2,1-2H3. The lowest BCUT2D eigenvalue weighted by atomic mass is 10.2. The topological polar surface area (TPSA) is 50.7 Å². The molecule has 0 heterocycles. The van der Waals surface area contributed by atoms with E-state index in [1.807, 2.05) is 0 Å². The number of phenolic OH excluding ortho intramolecular Hbond substituents is 1. The average molecular weight is 280 g/mol. The van der Waals surface area contributed by atoms with Crippen LogP contribution in [-0.2, 0) is 11.4 Å². The third kappa shape index (κ3) is 2.58. The van der Waals surface area contributed by atoms with Crippen molar-refractivity contribution in [3.05, 3.63) is 21.9 Å². The lowest BCUT2D eigenvalue weighted by molar-refractivity contribution is 0.0859. The Morgan fingerprint density at radius 1 is 1.53 bits per heavy atom. The fraction of sp³-hybridized carbons (Fsp3) is 0.333. The van der Waals surface area contributed by atoms with Gasteiger partial charge in [-0.3, -0.25) is 0 Å². The van der Waals surface area contributed by atoms with Gasteiger partial charge in [0.15, 0.2) is 11.5 Å². The van der Waals surface area contributed by atoms with E-state index in [1.165, 1.54) is 14.2 Å². The molecule has 0 amide bonds. The van der Waals surface area contributed by atoms with Crippen molar-refractivity contribution in [3.63, 3.8) is 0 Å². The van der Waals surface area contributed by atoms with Crippen molar-refractivity contribution in [2.75, 3.05) is 14.2 Å². The lowest BCUT2D eigenvalue weighted by Gasteiger charge is -2.11. The van der Waals surface area contributed by atoms with E-state index >= 15 is 0 Å². The molecule has 0 aliphatic heterocycles. The van der Waals surface area contributed by atoms with Crippen LogP contribution in [0.3, 0.4) is 0 Å².